The molecular formula is C16H28N2O3. The Kier molecular flexibility index (Phi) is 5.88. The van der Waals surface area contributed by atoms with Crippen LogP contribution >= 0.6 is 0 Å². The van der Waals surface area contributed by atoms with Crippen molar-refractivity contribution in [1.82, 2.24) is 10.6 Å². The number of urea groups is 1. The van der Waals surface area contributed by atoms with Crippen molar-refractivity contribution < 1.29 is 14.7 Å². The fourth-order valence-corrected chi connectivity index (χ4v) is 3.59. The third-order valence-corrected chi connectivity index (χ3v) is 4.95. The summed E-state index contributed by atoms with van der Waals surface area (Å²) in [6.45, 7) is 2.27. The molecule has 2 saturated carbocycles. The minimum atomic E-state index is -0.736. The molecule has 0 bridgehead atoms. The number of aliphatic carboxylic acids is 1. The Morgan fingerprint density at radius 1 is 0.905 bits per heavy atom. The average Bonchev–Trinajstić information content (AvgIpc) is 2.64. The van der Waals surface area contributed by atoms with Gasteiger partial charge in [0.25, 0.3) is 0 Å². The van der Waals surface area contributed by atoms with Crippen molar-refractivity contribution in [3.63, 3.8) is 0 Å². The Labute approximate surface area is 126 Å². The van der Waals surface area contributed by atoms with E-state index in [0.717, 1.165) is 38.0 Å². The molecule has 21 heavy (non-hydrogen) atoms. The van der Waals surface area contributed by atoms with E-state index in [1.54, 1.807) is 0 Å². The Bertz CT molecular complexity index is 373. The molecule has 0 heterocycles. The third-order valence-electron chi connectivity index (χ3n) is 4.95. The van der Waals surface area contributed by atoms with Gasteiger partial charge in [-0.05, 0) is 44.4 Å². The minimum absolute atomic E-state index is 0.00421. The fourth-order valence-electron chi connectivity index (χ4n) is 3.59. The van der Waals surface area contributed by atoms with Crippen molar-refractivity contribution in [2.45, 2.75) is 76.8 Å². The molecule has 120 valence electrons. The van der Waals surface area contributed by atoms with Gasteiger partial charge in [-0.15, -0.1) is 0 Å². The van der Waals surface area contributed by atoms with Gasteiger partial charge in [-0.1, -0.05) is 26.2 Å². The number of carbonyl (C=O) groups is 2. The van der Waals surface area contributed by atoms with Crippen LogP contribution in [0.25, 0.3) is 0 Å². The van der Waals surface area contributed by atoms with Crippen molar-refractivity contribution in [1.29, 1.82) is 0 Å². The first-order chi connectivity index (χ1) is 10.0. The lowest BCUT2D eigenvalue weighted by atomic mass is 9.86. The maximum absolute atomic E-state index is 12.1. The summed E-state index contributed by atoms with van der Waals surface area (Å²) in [5.41, 5.74) is 0. The highest BCUT2D eigenvalue weighted by Gasteiger charge is 2.28. The third kappa shape index (κ3) is 5.21. The van der Waals surface area contributed by atoms with Gasteiger partial charge >= 0.3 is 12.0 Å². The van der Waals surface area contributed by atoms with Gasteiger partial charge in [0.2, 0.25) is 0 Å². The first-order valence-electron chi connectivity index (χ1n) is 8.34. The van der Waals surface area contributed by atoms with Crippen molar-refractivity contribution in [3.8, 4) is 0 Å². The summed E-state index contributed by atoms with van der Waals surface area (Å²) in [5, 5.41) is 15.1. The molecule has 4 atom stereocenters. The number of amides is 2. The highest BCUT2D eigenvalue weighted by atomic mass is 16.4. The van der Waals surface area contributed by atoms with Crippen LogP contribution in [0.15, 0.2) is 0 Å². The number of carbonyl (C=O) groups excluding carboxylic acids is 1. The molecule has 0 saturated heterocycles. The van der Waals surface area contributed by atoms with Crippen LogP contribution in [0.3, 0.4) is 0 Å². The van der Waals surface area contributed by atoms with Crippen molar-refractivity contribution in [2.75, 3.05) is 0 Å². The van der Waals surface area contributed by atoms with E-state index >= 15 is 0 Å². The zero-order chi connectivity index (χ0) is 15.2. The molecule has 5 heteroatoms. The number of rotatable bonds is 3. The number of nitrogens with one attached hydrogen (secondary N) is 2. The Morgan fingerprint density at radius 3 is 2.33 bits per heavy atom. The maximum atomic E-state index is 12.1. The van der Waals surface area contributed by atoms with Crippen molar-refractivity contribution in [2.24, 2.45) is 11.8 Å². The Hall–Kier alpha value is -1.26. The van der Waals surface area contributed by atoms with Gasteiger partial charge in [0, 0.05) is 12.1 Å². The van der Waals surface area contributed by atoms with E-state index < -0.39 is 5.97 Å². The van der Waals surface area contributed by atoms with E-state index in [1.165, 1.54) is 19.3 Å². The summed E-state index contributed by atoms with van der Waals surface area (Å²) in [5.74, 6) is -0.281. The molecule has 2 aliphatic carbocycles. The van der Waals surface area contributed by atoms with E-state index in [4.69, 9.17) is 5.11 Å². The van der Waals surface area contributed by atoms with E-state index in [2.05, 4.69) is 17.6 Å². The van der Waals surface area contributed by atoms with E-state index in [1.807, 2.05) is 0 Å². The SMILES string of the molecule is CC1CCCC(NC(=O)NC2CCCC(C(=O)O)C2)CC1. The quantitative estimate of drug-likeness (QED) is 0.701. The lowest BCUT2D eigenvalue weighted by Crippen LogP contribution is -2.48. The standard InChI is InChI=1S/C16H28N2O3/c1-11-4-2-6-13(9-8-11)17-16(21)18-14-7-3-5-12(10-14)15(19)20/h11-14H,2-10H2,1H3,(H,19,20)(H2,17,18,21). The smallest absolute Gasteiger partial charge is 0.315 e. The molecular weight excluding hydrogens is 268 g/mol. The summed E-state index contributed by atoms with van der Waals surface area (Å²) in [6.07, 6.45) is 8.77. The van der Waals surface area contributed by atoms with Crippen LogP contribution in [0.5, 0.6) is 0 Å². The normalized spacial score (nSPS) is 33.8. The van der Waals surface area contributed by atoms with Gasteiger partial charge in [-0.3, -0.25) is 4.79 Å². The monoisotopic (exact) mass is 296 g/mol. The lowest BCUT2D eigenvalue weighted by Gasteiger charge is -2.28. The van der Waals surface area contributed by atoms with Gasteiger partial charge < -0.3 is 15.7 Å². The summed E-state index contributed by atoms with van der Waals surface area (Å²) in [4.78, 5) is 23.1. The first-order valence-corrected chi connectivity index (χ1v) is 8.34. The molecule has 0 spiro atoms. The summed E-state index contributed by atoms with van der Waals surface area (Å²) in [6, 6.07) is 0.156. The number of hydrogen-bond donors (Lipinski definition) is 3. The second kappa shape index (κ2) is 7.66. The van der Waals surface area contributed by atoms with Crippen LogP contribution in [0.1, 0.15) is 64.7 Å². The summed E-state index contributed by atoms with van der Waals surface area (Å²) >= 11 is 0. The summed E-state index contributed by atoms with van der Waals surface area (Å²) < 4.78 is 0. The highest BCUT2D eigenvalue weighted by molar-refractivity contribution is 5.75. The average molecular weight is 296 g/mol. The molecule has 4 unspecified atom stereocenters. The second-order valence-corrected chi connectivity index (χ2v) is 6.83. The zero-order valence-corrected chi connectivity index (χ0v) is 12.9. The van der Waals surface area contributed by atoms with E-state index in [9.17, 15) is 9.59 Å². The van der Waals surface area contributed by atoms with E-state index in [0.29, 0.717) is 6.42 Å². The lowest BCUT2D eigenvalue weighted by molar-refractivity contribution is -0.143. The number of hydrogen-bond acceptors (Lipinski definition) is 2. The molecule has 3 N–H and O–H groups in total. The van der Waals surface area contributed by atoms with Crippen molar-refractivity contribution in [3.05, 3.63) is 0 Å². The summed E-state index contributed by atoms with van der Waals surface area (Å²) in [7, 11) is 0. The van der Waals surface area contributed by atoms with Gasteiger partial charge in [0.05, 0.1) is 5.92 Å². The van der Waals surface area contributed by atoms with Crippen LogP contribution in [-0.4, -0.2) is 29.2 Å². The molecule has 2 amide bonds. The molecule has 0 aromatic heterocycles. The molecule has 5 nitrogen and oxygen atoms in total. The molecule has 0 aromatic rings. The van der Waals surface area contributed by atoms with E-state index in [-0.39, 0.29) is 24.0 Å². The first kappa shape index (κ1) is 16.1. The largest absolute Gasteiger partial charge is 0.481 e. The van der Waals surface area contributed by atoms with Crippen LogP contribution in [-0.2, 0) is 4.79 Å². The number of carboxylic acid groups (broad SMARTS) is 1. The predicted octanol–water partition coefficient (Wildman–Crippen LogP) is 2.90. The van der Waals surface area contributed by atoms with Crippen LogP contribution in [0, 0.1) is 11.8 Å². The zero-order valence-electron chi connectivity index (χ0n) is 12.9. The van der Waals surface area contributed by atoms with Gasteiger partial charge in [0.1, 0.15) is 0 Å². The molecule has 2 aliphatic rings. The molecule has 2 rings (SSSR count). The second-order valence-electron chi connectivity index (χ2n) is 6.83. The Balaban J connectivity index is 1.74. The van der Waals surface area contributed by atoms with Crippen LogP contribution in [0.2, 0.25) is 0 Å². The van der Waals surface area contributed by atoms with Gasteiger partial charge in [-0.2, -0.15) is 0 Å². The Morgan fingerprint density at radius 2 is 1.57 bits per heavy atom. The van der Waals surface area contributed by atoms with Crippen LogP contribution < -0.4 is 10.6 Å². The molecule has 0 aromatic carbocycles. The molecule has 2 fully saturated rings. The molecule has 0 aliphatic heterocycles. The minimum Gasteiger partial charge on any atom is -0.481 e. The predicted molar refractivity (Wildman–Crippen MR) is 81.1 cm³/mol. The maximum Gasteiger partial charge on any atom is 0.315 e. The van der Waals surface area contributed by atoms with Gasteiger partial charge in [0.15, 0.2) is 0 Å². The van der Waals surface area contributed by atoms with Crippen molar-refractivity contribution >= 4 is 12.0 Å². The highest BCUT2D eigenvalue weighted by Crippen LogP contribution is 2.25. The fraction of sp³-hybridized carbons (Fsp3) is 0.875. The van der Waals surface area contributed by atoms with Crippen LogP contribution in [0.4, 0.5) is 4.79 Å². The van der Waals surface area contributed by atoms with Gasteiger partial charge in [-0.25, -0.2) is 4.79 Å². The topological polar surface area (TPSA) is 78.4 Å². The number of carboxylic acids is 1. The molecule has 0 radical (unpaired) electrons.